The first-order chi connectivity index (χ1) is 7.61. The third-order valence-corrected chi connectivity index (χ3v) is 3.29. The van der Waals surface area contributed by atoms with Crippen LogP contribution in [-0.4, -0.2) is 33.9 Å². The molecular formula is C11H14O4S. The van der Waals surface area contributed by atoms with E-state index in [1.807, 2.05) is 24.3 Å². The number of aliphatic carboxylic acids is 1. The number of carbonyl (C=O) groups is 1. The lowest BCUT2D eigenvalue weighted by atomic mass is 10.2. The summed E-state index contributed by atoms with van der Waals surface area (Å²) in [4.78, 5) is 10.3. The van der Waals surface area contributed by atoms with Crippen molar-refractivity contribution < 1.29 is 18.8 Å². The van der Waals surface area contributed by atoms with Gasteiger partial charge in [0, 0.05) is 16.6 Å². The predicted molar refractivity (Wildman–Crippen MR) is 62.2 cm³/mol. The second-order valence-electron chi connectivity index (χ2n) is 3.28. The predicted octanol–water partition coefficient (Wildman–Crippen LogP) is 1.07. The van der Waals surface area contributed by atoms with Gasteiger partial charge in [0.2, 0.25) is 0 Å². The summed E-state index contributed by atoms with van der Waals surface area (Å²) in [5.41, 5.74) is 1.03. The van der Waals surface area contributed by atoms with E-state index >= 15 is 0 Å². The van der Waals surface area contributed by atoms with E-state index in [1.54, 1.807) is 7.11 Å². The van der Waals surface area contributed by atoms with Crippen molar-refractivity contribution in [3.05, 3.63) is 29.8 Å². The molecule has 5 heteroatoms. The maximum atomic E-state index is 11.3. The fraction of sp³-hybridized carbons (Fsp3) is 0.364. The summed E-state index contributed by atoms with van der Waals surface area (Å²) < 4.78 is 16.3. The van der Waals surface area contributed by atoms with E-state index in [1.165, 1.54) is 0 Å². The molecule has 88 valence electrons. The molecule has 0 heterocycles. The Morgan fingerprint density at radius 3 is 2.50 bits per heavy atom. The van der Waals surface area contributed by atoms with Crippen LogP contribution < -0.4 is 4.74 Å². The van der Waals surface area contributed by atoms with Crippen molar-refractivity contribution in [1.82, 2.24) is 0 Å². The van der Waals surface area contributed by atoms with Crippen LogP contribution in [0.3, 0.4) is 0 Å². The van der Waals surface area contributed by atoms with Gasteiger partial charge in [0.1, 0.15) is 11.5 Å². The van der Waals surface area contributed by atoms with Crippen LogP contribution in [0.4, 0.5) is 0 Å². The highest BCUT2D eigenvalue weighted by atomic mass is 32.2. The summed E-state index contributed by atoms with van der Waals surface area (Å²) in [5.74, 6) is -0.155. The van der Waals surface area contributed by atoms with Crippen molar-refractivity contribution in [1.29, 1.82) is 0 Å². The Bertz CT molecular complexity index is 372. The van der Waals surface area contributed by atoms with Gasteiger partial charge in [-0.15, -0.1) is 0 Å². The number of hydrogen-bond donors (Lipinski definition) is 1. The van der Waals surface area contributed by atoms with Crippen molar-refractivity contribution in [2.45, 2.75) is 6.42 Å². The Hall–Kier alpha value is -1.36. The summed E-state index contributed by atoms with van der Waals surface area (Å²) in [6.45, 7) is 0. The van der Waals surface area contributed by atoms with Crippen molar-refractivity contribution in [3.8, 4) is 5.75 Å². The molecule has 0 aliphatic rings. The largest absolute Gasteiger partial charge is 0.497 e. The minimum atomic E-state index is -1.29. The number of carboxylic acid groups (broad SMARTS) is 1. The van der Waals surface area contributed by atoms with Crippen LogP contribution in [0.15, 0.2) is 24.3 Å². The maximum Gasteiger partial charge on any atom is 0.316 e. The zero-order valence-electron chi connectivity index (χ0n) is 9.01. The first kappa shape index (κ1) is 12.7. The van der Waals surface area contributed by atoms with E-state index < -0.39 is 16.8 Å². The summed E-state index contributed by atoms with van der Waals surface area (Å²) in [6.07, 6.45) is 0.615. The van der Waals surface area contributed by atoms with Gasteiger partial charge in [0.15, 0.2) is 0 Å². The average molecular weight is 242 g/mol. The molecule has 1 N–H and O–H groups in total. The number of benzene rings is 1. The molecule has 1 aromatic rings. The van der Waals surface area contributed by atoms with E-state index in [9.17, 15) is 9.00 Å². The first-order valence-electron chi connectivity index (χ1n) is 4.81. The molecule has 1 atom stereocenters. The minimum Gasteiger partial charge on any atom is -0.497 e. The van der Waals surface area contributed by atoms with Crippen LogP contribution in [0, 0.1) is 0 Å². The number of ether oxygens (including phenoxy) is 1. The molecule has 16 heavy (non-hydrogen) atoms. The molecule has 1 unspecified atom stereocenters. The van der Waals surface area contributed by atoms with Gasteiger partial charge in [0.25, 0.3) is 0 Å². The standard InChI is InChI=1S/C11H14O4S/c1-15-10-4-2-9(3-5-10)6-7-16(14)8-11(12)13/h2-5H,6-8H2,1H3,(H,12,13). The summed E-state index contributed by atoms with van der Waals surface area (Å²) in [6, 6.07) is 7.43. The fourth-order valence-corrected chi connectivity index (χ4v) is 2.12. The van der Waals surface area contributed by atoms with Gasteiger partial charge >= 0.3 is 5.97 Å². The van der Waals surface area contributed by atoms with Crippen LogP contribution in [0.1, 0.15) is 5.56 Å². The highest BCUT2D eigenvalue weighted by Crippen LogP contribution is 2.11. The van der Waals surface area contributed by atoms with E-state index in [4.69, 9.17) is 9.84 Å². The third kappa shape index (κ3) is 4.44. The molecule has 0 fully saturated rings. The van der Waals surface area contributed by atoms with Crippen LogP contribution in [-0.2, 0) is 22.0 Å². The van der Waals surface area contributed by atoms with Crippen LogP contribution in [0.2, 0.25) is 0 Å². The smallest absolute Gasteiger partial charge is 0.316 e. The lowest BCUT2D eigenvalue weighted by molar-refractivity contribution is -0.133. The lowest BCUT2D eigenvalue weighted by Crippen LogP contribution is -2.13. The second kappa shape index (κ2) is 6.27. The van der Waals surface area contributed by atoms with Crippen molar-refractivity contribution in [3.63, 3.8) is 0 Å². The van der Waals surface area contributed by atoms with E-state index in [2.05, 4.69) is 0 Å². The lowest BCUT2D eigenvalue weighted by Gasteiger charge is -2.02. The fourth-order valence-electron chi connectivity index (χ4n) is 1.23. The molecule has 0 radical (unpaired) electrons. The molecule has 0 saturated heterocycles. The molecule has 0 aliphatic carbocycles. The van der Waals surface area contributed by atoms with E-state index in [-0.39, 0.29) is 5.75 Å². The van der Waals surface area contributed by atoms with E-state index in [0.29, 0.717) is 12.2 Å². The first-order valence-corrected chi connectivity index (χ1v) is 6.30. The van der Waals surface area contributed by atoms with Gasteiger partial charge < -0.3 is 9.84 Å². The molecule has 0 aromatic heterocycles. The van der Waals surface area contributed by atoms with Crippen molar-refractivity contribution in [2.75, 3.05) is 18.6 Å². The average Bonchev–Trinajstić information content (AvgIpc) is 2.26. The van der Waals surface area contributed by atoms with Gasteiger partial charge in [0.05, 0.1) is 7.11 Å². The number of methoxy groups -OCH3 is 1. The molecule has 1 aromatic carbocycles. The second-order valence-corrected chi connectivity index (χ2v) is 4.86. The van der Waals surface area contributed by atoms with Gasteiger partial charge in [-0.3, -0.25) is 9.00 Å². The van der Waals surface area contributed by atoms with Crippen molar-refractivity contribution >= 4 is 16.8 Å². The van der Waals surface area contributed by atoms with Gasteiger partial charge in [-0.1, -0.05) is 12.1 Å². The molecule has 0 saturated carbocycles. The van der Waals surface area contributed by atoms with Gasteiger partial charge in [-0.25, -0.2) is 0 Å². The van der Waals surface area contributed by atoms with Crippen LogP contribution in [0.25, 0.3) is 0 Å². The molecule has 0 amide bonds. The quantitative estimate of drug-likeness (QED) is 0.810. The molecular weight excluding hydrogens is 228 g/mol. The topological polar surface area (TPSA) is 63.6 Å². The number of rotatable bonds is 6. The van der Waals surface area contributed by atoms with Crippen LogP contribution >= 0.6 is 0 Å². The zero-order valence-corrected chi connectivity index (χ0v) is 9.83. The molecule has 0 spiro atoms. The summed E-state index contributed by atoms with van der Waals surface area (Å²) >= 11 is 0. The molecule has 1 rings (SSSR count). The summed E-state index contributed by atoms with van der Waals surface area (Å²) in [7, 11) is 0.306. The Kier molecular flexibility index (Phi) is 4.98. The van der Waals surface area contributed by atoms with E-state index in [0.717, 1.165) is 11.3 Å². The van der Waals surface area contributed by atoms with Crippen molar-refractivity contribution in [2.24, 2.45) is 0 Å². The zero-order chi connectivity index (χ0) is 12.0. The Labute approximate surface area is 96.7 Å². The molecule has 4 nitrogen and oxygen atoms in total. The Morgan fingerprint density at radius 1 is 1.38 bits per heavy atom. The summed E-state index contributed by atoms with van der Waals surface area (Å²) in [5, 5.41) is 8.44. The number of carboxylic acids is 1. The highest BCUT2D eigenvalue weighted by Gasteiger charge is 2.05. The highest BCUT2D eigenvalue weighted by molar-refractivity contribution is 7.85. The minimum absolute atomic E-state index is 0.282. The maximum absolute atomic E-state index is 11.3. The monoisotopic (exact) mass is 242 g/mol. The van der Waals surface area contributed by atoms with Gasteiger partial charge in [-0.2, -0.15) is 0 Å². The Morgan fingerprint density at radius 2 is 2.00 bits per heavy atom. The number of aryl methyl sites for hydroxylation is 1. The number of hydrogen-bond acceptors (Lipinski definition) is 3. The molecule has 0 aliphatic heterocycles. The molecule has 0 bridgehead atoms. The van der Waals surface area contributed by atoms with Gasteiger partial charge in [-0.05, 0) is 24.1 Å². The van der Waals surface area contributed by atoms with Crippen LogP contribution in [0.5, 0.6) is 5.75 Å². The SMILES string of the molecule is COc1ccc(CCS(=O)CC(=O)O)cc1. The third-order valence-electron chi connectivity index (χ3n) is 2.06. The normalized spacial score (nSPS) is 12.1. The Balaban J connectivity index is 2.42.